The fourth-order valence-electron chi connectivity index (χ4n) is 3.05. The molecule has 3 rings (SSSR count). The third-order valence-electron chi connectivity index (χ3n) is 4.29. The number of halogens is 2. The van der Waals surface area contributed by atoms with Gasteiger partial charge in [0, 0.05) is 22.0 Å². The van der Waals surface area contributed by atoms with Crippen LogP contribution in [-0.4, -0.2) is 22.2 Å². The van der Waals surface area contributed by atoms with Gasteiger partial charge < -0.3 is 14.4 Å². The smallest absolute Gasteiger partial charge is 0.352 e. The Bertz CT molecular complexity index is 956. The number of aromatic nitrogens is 1. The zero-order valence-corrected chi connectivity index (χ0v) is 16.1. The first-order valence-corrected chi connectivity index (χ1v) is 9.04. The molecule has 0 aliphatic carbocycles. The van der Waals surface area contributed by atoms with Gasteiger partial charge in [-0.05, 0) is 61.7 Å². The highest BCUT2D eigenvalue weighted by atomic mass is 35.5. The molecule has 1 heterocycles. The number of aryl methyl sites for hydroxylation is 3. The summed E-state index contributed by atoms with van der Waals surface area (Å²) in [5.74, 6) is -0.189. The van der Waals surface area contributed by atoms with Crippen LogP contribution < -0.4 is 4.74 Å². The summed E-state index contributed by atoms with van der Waals surface area (Å²) < 4.78 is 7.58. The van der Waals surface area contributed by atoms with Crippen LogP contribution in [0.2, 0.25) is 10.0 Å². The summed E-state index contributed by atoms with van der Waals surface area (Å²) in [7, 11) is 0. The highest BCUT2D eigenvalue weighted by Gasteiger charge is 2.14. The molecule has 1 N–H and O–H groups in total. The average Bonchev–Trinajstić information content (AvgIpc) is 2.94. The van der Waals surface area contributed by atoms with E-state index >= 15 is 0 Å². The highest BCUT2D eigenvalue weighted by Crippen LogP contribution is 2.27. The van der Waals surface area contributed by atoms with Crippen LogP contribution >= 0.6 is 23.2 Å². The minimum absolute atomic E-state index is 0.250. The number of fused-ring (bicyclic) bond motifs is 1. The number of nitrogens with zero attached hydrogens (tertiary/aromatic N) is 1. The Balaban J connectivity index is 1.73. The third-order valence-corrected chi connectivity index (χ3v) is 5.12. The number of carboxylic acids is 1. The van der Waals surface area contributed by atoms with Crippen molar-refractivity contribution in [2.24, 2.45) is 0 Å². The first-order valence-electron chi connectivity index (χ1n) is 8.28. The lowest BCUT2D eigenvalue weighted by atomic mass is 10.1. The van der Waals surface area contributed by atoms with Crippen LogP contribution in [0.3, 0.4) is 0 Å². The number of carboxylic acid groups (broad SMARTS) is 1. The minimum atomic E-state index is -0.956. The maximum Gasteiger partial charge on any atom is 0.352 e. The number of aromatic carboxylic acids is 1. The van der Waals surface area contributed by atoms with Crippen molar-refractivity contribution in [3.05, 3.63) is 63.3 Å². The van der Waals surface area contributed by atoms with Gasteiger partial charge in [-0.15, -0.1) is 0 Å². The highest BCUT2D eigenvalue weighted by molar-refractivity contribution is 6.32. The van der Waals surface area contributed by atoms with E-state index < -0.39 is 5.97 Å². The van der Waals surface area contributed by atoms with Gasteiger partial charge in [-0.1, -0.05) is 29.3 Å². The second-order valence-corrected chi connectivity index (χ2v) is 7.08. The van der Waals surface area contributed by atoms with Crippen LogP contribution in [0.15, 0.2) is 36.4 Å². The summed E-state index contributed by atoms with van der Waals surface area (Å²) >= 11 is 12.2. The van der Waals surface area contributed by atoms with Crippen LogP contribution in [0.1, 0.15) is 28.0 Å². The Morgan fingerprint density at radius 1 is 1.12 bits per heavy atom. The molecule has 2 aromatic carbocycles. The molecule has 0 saturated heterocycles. The van der Waals surface area contributed by atoms with Gasteiger partial charge in [0.05, 0.1) is 12.1 Å². The molecule has 3 aromatic rings. The van der Waals surface area contributed by atoms with Crippen molar-refractivity contribution in [2.45, 2.75) is 26.8 Å². The van der Waals surface area contributed by atoms with Crippen LogP contribution in [0.4, 0.5) is 0 Å². The van der Waals surface area contributed by atoms with E-state index in [0.717, 1.165) is 32.8 Å². The van der Waals surface area contributed by atoms with E-state index in [1.54, 1.807) is 22.8 Å². The van der Waals surface area contributed by atoms with Gasteiger partial charge in [-0.2, -0.15) is 0 Å². The molecule has 136 valence electrons. The number of rotatable bonds is 6. The lowest BCUT2D eigenvalue weighted by Gasteiger charge is -2.12. The van der Waals surface area contributed by atoms with Crippen molar-refractivity contribution >= 4 is 40.1 Å². The van der Waals surface area contributed by atoms with E-state index in [4.69, 9.17) is 27.9 Å². The lowest BCUT2D eigenvalue weighted by Crippen LogP contribution is -2.11. The largest absolute Gasteiger partial charge is 0.494 e. The molecule has 0 bridgehead atoms. The molecule has 1 aromatic heterocycles. The Kier molecular flexibility index (Phi) is 5.44. The van der Waals surface area contributed by atoms with Gasteiger partial charge in [-0.25, -0.2) is 4.79 Å². The number of ether oxygens (including phenoxy) is 1. The molecular weight excluding hydrogens is 373 g/mol. The summed E-state index contributed by atoms with van der Waals surface area (Å²) in [6.07, 6.45) is 0.664. The average molecular weight is 392 g/mol. The summed E-state index contributed by atoms with van der Waals surface area (Å²) in [6, 6.07) is 10.9. The van der Waals surface area contributed by atoms with Crippen molar-refractivity contribution in [3.8, 4) is 5.75 Å². The summed E-state index contributed by atoms with van der Waals surface area (Å²) in [5.41, 5.74) is 3.01. The van der Waals surface area contributed by atoms with E-state index in [1.807, 2.05) is 32.0 Å². The van der Waals surface area contributed by atoms with Gasteiger partial charge in [-0.3, -0.25) is 0 Å². The van der Waals surface area contributed by atoms with Gasteiger partial charge in [0.25, 0.3) is 0 Å². The van der Waals surface area contributed by atoms with E-state index in [-0.39, 0.29) is 5.69 Å². The Labute approximate surface area is 161 Å². The molecule has 0 spiro atoms. The Morgan fingerprint density at radius 2 is 1.81 bits per heavy atom. The zero-order valence-electron chi connectivity index (χ0n) is 14.6. The van der Waals surface area contributed by atoms with Crippen LogP contribution in [-0.2, 0) is 6.54 Å². The standard InChI is InChI=1S/C20H19Cl2NO3/c1-12-8-16(9-13(2)19(12)22)26-7-3-6-23-17-11-15(21)5-4-14(17)10-18(23)20(24)25/h4-5,8-11H,3,6-7H2,1-2H3,(H,24,25). The van der Waals surface area contributed by atoms with Crippen molar-refractivity contribution in [2.75, 3.05) is 6.61 Å². The van der Waals surface area contributed by atoms with Crippen molar-refractivity contribution in [3.63, 3.8) is 0 Å². The summed E-state index contributed by atoms with van der Waals surface area (Å²) in [5, 5.41) is 11.6. The number of carbonyl (C=O) groups is 1. The van der Waals surface area contributed by atoms with Gasteiger partial charge in [0.1, 0.15) is 11.4 Å². The van der Waals surface area contributed by atoms with Crippen molar-refractivity contribution < 1.29 is 14.6 Å². The molecule has 0 radical (unpaired) electrons. The molecule has 26 heavy (non-hydrogen) atoms. The fraction of sp³-hybridized carbons (Fsp3) is 0.250. The number of hydrogen-bond acceptors (Lipinski definition) is 2. The molecular formula is C20H19Cl2NO3. The monoisotopic (exact) mass is 391 g/mol. The number of hydrogen-bond donors (Lipinski definition) is 1. The van der Waals surface area contributed by atoms with Crippen LogP contribution in [0.5, 0.6) is 5.75 Å². The third kappa shape index (κ3) is 3.81. The molecule has 0 unspecified atom stereocenters. The Morgan fingerprint density at radius 3 is 2.46 bits per heavy atom. The fourth-order valence-corrected chi connectivity index (χ4v) is 3.32. The SMILES string of the molecule is Cc1cc(OCCCn2c(C(=O)O)cc3ccc(Cl)cc32)cc(C)c1Cl. The molecule has 0 fully saturated rings. The molecule has 0 atom stereocenters. The lowest BCUT2D eigenvalue weighted by molar-refractivity contribution is 0.0685. The normalized spacial score (nSPS) is 11.1. The van der Waals surface area contributed by atoms with Crippen molar-refractivity contribution in [1.82, 2.24) is 4.57 Å². The summed E-state index contributed by atoms with van der Waals surface area (Å²) in [6.45, 7) is 4.88. The van der Waals surface area contributed by atoms with E-state index in [2.05, 4.69) is 0 Å². The Hall–Kier alpha value is -2.17. The minimum Gasteiger partial charge on any atom is -0.494 e. The van der Waals surface area contributed by atoms with Gasteiger partial charge >= 0.3 is 5.97 Å². The first kappa shape index (κ1) is 18.6. The molecule has 0 amide bonds. The molecule has 6 heteroatoms. The topological polar surface area (TPSA) is 51.5 Å². The number of benzene rings is 2. The molecule has 0 saturated carbocycles. The van der Waals surface area contributed by atoms with Crippen LogP contribution in [0.25, 0.3) is 10.9 Å². The first-order chi connectivity index (χ1) is 12.4. The molecule has 4 nitrogen and oxygen atoms in total. The predicted octanol–water partition coefficient (Wildman–Crippen LogP) is 5.73. The molecule has 0 aliphatic rings. The van der Waals surface area contributed by atoms with E-state index in [1.165, 1.54) is 0 Å². The van der Waals surface area contributed by atoms with Gasteiger partial charge in [0.15, 0.2) is 0 Å². The second-order valence-electron chi connectivity index (χ2n) is 6.26. The van der Waals surface area contributed by atoms with Crippen LogP contribution in [0, 0.1) is 13.8 Å². The zero-order chi connectivity index (χ0) is 18.8. The quantitative estimate of drug-likeness (QED) is 0.545. The molecule has 0 aliphatic heterocycles. The van der Waals surface area contributed by atoms with E-state index in [0.29, 0.717) is 24.6 Å². The van der Waals surface area contributed by atoms with Crippen molar-refractivity contribution in [1.29, 1.82) is 0 Å². The maximum absolute atomic E-state index is 11.5. The summed E-state index contributed by atoms with van der Waals surface area (Å²) in [4.78, 5) is 11.5. The van der Waals surface area contributed by atoms with E-state index in [9.17, 15) is 9.90 Å². The second kappa shape index (κ2) is 7.60. The predicted molar refractivity (Wildman–Crippen MR) is 105 cm³/mol. The maximum atomic E-state index is 11.5. The van der Waals surface area contributed by atoms with Gasteiger partial charge in [0.2, 0.25) is 0 Å².